The normalized spacial score (nSPS) is 21.4. The molecule has 1 heterocycles. The first kappa shape index (κ1) is 13.3. The van der Waals surface area contributed by atoms with Crippen molar-refractivity contribution in [2.45, 2.75) is 25.4 Å². The Balaban J connectivity index is 2.01. The average molecular weight is 252 g/mol. The molecule has 1 saturated heterocycles. The maximum Gasteiger partial charge on any atom is 0.123 e. The number of phenolic OH excluding ortho intramolecular Hbond substituents is 1. The van der Waals surface area contributed by atoms with Crippen LogP contribution < -0.4 is 0 Å². The fourth-order valence-corrected chi connectivity index (χ4v) is 2.58. The molecule has 18 heavy (non-hydrogen) atoms. The largest absolute Gasteiger partial charge is 0.508 e. The van der Waals surface area contributed by atoms with Crippen molar-refractivity contribution in [1.29, 1.82) is 0 Å². The Morgan fingerprint density at radius 1 is 1.50 bits per heavy atom. The van der Waals surface area contributed by atoms with Gasteiger partial charge in [0.15, 0.2) is 0 Å². The summed E-state index contributed by atoms with van der Waals surface area (Å²) in [5, 5.41) is 9.73. The molecule has 1 aliphatic heterocycles. The van der Waals surface area contributed by atoms with E-state index in [-0.39, 0.29) is 11.6 Å². The first-order valence-electron chi connectivity index (χ1n) is 6.42. The maximum absolute atomic E-state index is 13.2. The molecule has 1 atom stereocenters. The standard InChI is InChI=1S/C14H21FN2O/c1-16-7-3-4-13(10-16)17(2)9-11-8-12(15)5-6-14(11)18/h5-6,8,13,18H,3-4,7,9-10H2,1-2H3. The summed E-state index contributed by atoms with van der Waals surface area (Å²) in [5.41, 5.74) is 0.658. The summed E-state index contributed by atoms with van der Waals surface area (Å²) in [4.78, 5) is 4.51. The van der Waals surface area contributed by atoms with Crippen LogP contribution in [0, 0.1) is 5.82 Å². The van der Waals surface area contributed by atoms with Crippen molar-refractivity contribution < 1.29 is 9.50 Å². The van der Waals surface area contributed by atoms with E-state index >= 15 is 0 Å². The van der Waals surface area contributed by atoms with Gasteiger partial charge in [-0.2, -0.15) is 0 Å². The predicted octanol–water partition coefficient (Wildman–Crippen LogP) is 2.06. The van der Waals surface area contributed by atoms with Crippen molar-refractivity contribution in [1.82, 2.24) is 9.80 Å². The van der Waals surface area contributed by atoms with Gasteiger partial charge in [-0.1, -0.05) is 0 Å². The molecule has 3 nitrogen and oxygen atoms in total. The number of benzene rings is 1. The van der Waals surface area contributed by atoms with E-state index in [1.54, 1.807) is 0 Å². The minimum atomic E-state index is -0.294. The third-order valence-corrected chi connectivity index (χ3v) is 3.68. The second kappa shape index (κ2) is 5.67. The molecule has 1 aromatic rings. The molecule has 100 valence electrons. The lowest BCUT2D eigenvalue weighted by Gasteiger charge is -2.36. The molecule has 0 aromatic heterocycles. The number of nitrogens with zero attached hydrogens (tertiary/aromatic N) is 2. The number of hydrogen-bond acceptors (Lipinski definition) is 3. The van der Waals surface area contributed by atoms with E-state index in [1.807, 2.05) is 7.05 Å². The van der Waals surface area contributed by atoms with Crippen molar-refractivity contribution in [3.05, 3.63) is 29.6 Å². The fraction of sp³-hybridized carbons (Fsp3) is 0.571. The lowest BCUT2D eigenvalue weighted by atomic mass is 10.0. The molecule has 0 amide bonds. The predicted molar refractivity (Wildman–Crippen MR) is 70.1 cm³/mol. The van der Waals surface area contributed by atoms with Crippen LogP contribution in [0.15, 0.2) is 18.2 Å². The summed E-state index contributed by atoms with van der Waals surface area (Å²) < 4.78 is 13.2. The van der Waals surface area contributed by atoms with Crippen LogP contribution in [0.5, 0.6) is 5.75 Å². The van der Waals surface area contributed by atoms with Gasteiger partial charge < -0.3 is 10.0 Å². The number of hydrogen-bond donors (Lipinski definition) is 1. The zero-order chi connectivity index (χ0) is 13.1. The van der Waals surface area contributed by atoms with Crippen LogP contribution in [0.3, 0.4) is 0 Å². The van der Waals surface area contributed by atoms with Gasteiger partial charge in [0.1, 0.15) is 11.6 Å². The van der Waals surface area contributed by atoms with E-state index in [2.05, 4.69) is 16.8 Å². The number of aromatic hydroxyl groups is 1. The monoisotopic (exact) mass is 252 g/mol. The molecule has 1 unspecified atom stereocenters. The Morgan fingerprint density at radius 2 is 2.28 bits per heavy atom. The number of rotatable bonds is 3. The van der Waals surface area contributed by atoms with Crippen molar-refractivity contribution in [2.75, 3.05) is 27.2 Å². The van der Waals surface area contributed by atoms with Gasteiger partial charge in [0, 0.05) is 24.7 Å². The molecule has 0 spiro atoms. The van der Waals surface area contributed by atoms with Crippen LogP contribution in [0.25, 0.3) is 0 Å². The topological polar surface area (TPSA) is 26.7 Å². The molecule has 1 fully saturated rings. The SMILES string of the molecule is CN1CCCC(N(C)Cc2cc(F)ccc2O)C1. The first-order chi connectivity index (χ1) is 8.56. The summed E-state index contributed by atoms with van der Waals surface area (Å²) in [6.45, 7) is 2.77. The van der Waals surface area contributed by atoms with Crippen molar-refractivity contribution in [2.24, 2.45) is 0 Å². The van der Waals surface area contributed by atoms with Gasteiger partial charge in [-0.25, -0.2) is 4.39 Å². The number of likely N-dealkylation sites (N-methyl/N-ethyl adjacent to an activating group) is 2. The molecule has 1 N–H and O–H groups in total. The molecule has 0 saturated carbocycles. The summed E-state index contributed by atoms with van der Waals surface area (Å²) in [6.07, 6.45) is 2.36. The molecule has 4 heteroatoms. The molecular weight excluding hydrogens is 231 g/mol. The van der Waals surface area contributed by atoms with Gasteiger partial charge in [0.25, 0.3) is 0 Å². The van der Waals surface area contributed by atoms with Crippen LogP contribution >= 0.6 is 0 Å². The van der Waals surface area contributed by atoms with Gasteiger partial charge in [-0.3, -0.25) is 4.90 Å². The van der Waals surface area contributed by atoms with Crippen LogP contribution in [0.4, 0.5) is 4.39 Å². The van der Waals surface area contributed by atoms with Gasteiger partial charge in [0.2, 0.25) is 0 Å². The molecule has 1 aliphatic rings. The van der Waals surface area contributed by atoms with Crippen LogP contribution in [0.2, 0.25) is 0 Å². The van der Waals surface area contributed by atoms with Gasteiger partial charge in [0.05, 0.1) is 0 Å². The number of piperidine rings is 1. The highest BCUT2D eigenvalue weighted by Gasteiger charge is 2.21. The molecule has 0 aliphatic carbocycles. The van der Waals surface area contributed by atoms with E-state index in [1.165, 1.54) is 24.6 Å². The highest BCUT2D eigenvalue weighted by atomic mass is 19.1. The van der Waals surface area contributed by atoms with E-state index in [0.29, 0.717) is 18.2 Å². The fourth-order valence-electron chi connectivity index (χ4n) is 2.58. The third kappa shape index (κ3) is 3.21. The van der Waals surface area contributed by atoms with Crippen molar-refractivity contribution in [3.63, 3.8) is 0 Å². The minimum Gasteiger partial charge on any atom is -0.508 e. The average Bonchev–Trinajstić information content (AvgIpc) is 2.34. The summed E-state index contributed by atoms with van der Waals surface area (Å²) >= 11 is 0. The van der Waals surface area contributed by atoms with Gasteiger partial charge in [-0.05, 0) is 51.7 Å². The first-order valence-corrected chi connectivity index (χ1v) is 6.42. The third-order valence-electron chi connectivity index (χ3n) is 3.68. The number of likely N-dealkylation sites (tertiary alicyclic amines) is 1. The quantitative estimate of drug-likeness (QED) is 0.892. The molecule has 2 rings (SSSR count). The highest BCUT2D eigenvalue weighted by molar-refractivity contribution is 5.32. The van der Waals surface area contributed by atoms with Gasteiger partial charge >= 0.3 is 0 Å². The summed E-state index contributed by atoms with van der Waals surface area (Å²) in [5.74, 6) is -0.121. The summed E-state index contributed by atoms with van der Waals surface area (Å²) in [6, 6.07) is 4.60. The van der Waals surface area contributed by atoms with E-state index in [4.69, 9.17) is 0 Å². The van der Waals surface area contributed by atoms with Crippen molar-refractivity contribution >= 4 is 0 Å². The van der Waals surface area contributed by atoms with Crippen LogP contribution in [-0.2, 0) is 6.54 Å². The second-order valence-corrected chi connectivity index (χ2v) is 5.25. The minimum absolute atomic E-state index is 0.174. The zero-order valence-corrected chi connectivity index (χ0v) is 11.1. The Kier molecular flexibility index (Phi) is 4.19. The highest BCUT2D eigenvalue weighted by Crippen LogP contribution is 2.22. The van der Waals surface area contributed by atoms with Crippen LogP contribution in [0.1, 0.15) is 18.4 Å². The summed E-state index contributed by atoms with van der Waals surface area (Å²) in [7, 11) is 4.16. The zero-order valence-electron chi connectivity index (χ0n) is 11.1. The second-order valence-electron chi connectivity index (χ2n) is 5.25. The van der Waals surface area contributed by atoms with E-state index < -0.39 is 0 Å². The number of halogens is 1. The Hall–Kier alpha value is -1.13. The van der Waals surface area contributed by atoms with Crippen molar-refractivity contribution in [3.8, 4) is 5.75 Å². The molecule has 0 bridgehead atoms. The Bertz CT molecular complexity index is 411. The molecular formula is C14H21FN2O. The molecule has 0 radical (unpaired) electrons. The lowest BCUT2D eigenvalue weighted by molar-refractivity contribution is 0.128. The number of phenols is 1. The lowest BCUT2D eigenvalue weighted by Crippen LogP contribution is -2.44. The van der Waals surface area contributed by atoms with Gasteiger partial charge in [-0.15, -0.1) is 0 Å². The Labute approximate surface area is 108 Å². The smallest absolute Gasteiger partial charge is 0.123 e. The molecule has 1 aromatic carbocycles. The Morgan fingerprint density at radius 3 is 3.00 bits per heavy atom. The van der Waals surface area contributed by atoms with E-state index in [0.717, 1.165) is 19.5 Å². The van der Waals surface area contributed by atoms with Crippen LogP contribution in [-0.4, -0.2) is 48.1 Å². The van der Waals surface area contributed by atoms with E-state index in [9.17, 15) is 9.50 Å². The maximum atomic E-state index is 13.2.